The third-order valence-electron chi connectivity index (χ3n) is 0. The number of Topliss-reactive ketones (excluding diaryl/α,β-unsaturated/α-hetero) is 2. The van der Waals surface area contributed by atoms with E-state index in [0.29, 0.717) is 0 Å². The van der Waals surface area contributed by atoms with Gasteiger partial charge in [0, 0.05) is 41.7 Å². The Balaban J connectivity index is -0.0000000720. The maximum absolute atomic E-state index is 9.44. The molecular weight excluding hydrogens is 244 g/mol. The van der Waals surface area contributed by atoms with Crippen molar-refractivity contribution in [2.24, 2.45) is 0 Å². The zero-order chi connectivity index (χ0) is 7.15. The smallest absolute Gasteiger partial charge is 0.126 e. The Morgan fingerprint density at radius 2 is 0.778 bits per heavy atom. The third-order valence-corrected chi connectivity index (χ3v) is 0. The molecule has 0 rings (SSSR count). The van der Waals surface area contributed by atoms with E-state index in [1.165, 1.54) is 27.7 Å². The van der Waals surface area contributed by atoms with Crippen LogP contribution in [0.5, 0.6) is 0 Å². The molecule has 0 bridgehead atoms. The Hall–Kier alpha value is 0.717. The van der Waals surface area contributed by atoms with Gasteiger partial charge in [-0.1, -0.05) is 0 Å². The molecule has 9 heavy (non-hydrogen) atoms. The standard InChI is InChI=1S/2C3H6O.Ce/c2*1-3(2)4;/h2*1-2H3;. The summed E-state index contributed by atoms with van der Waals surface area (Å²) in [7, 11) is 0. The molecule has 3 heteroatoms. The Morgan fingerprint density at radius 1 is 0.778 bits per heavy atom. The zero-order valence-electron chi connectivity index (χ0n) is 6.32. The first kappa shape index (κ1) is 16.4. The largest absolute Gasteiger partial charge is 0.300 e. The van der Waals surface area contributed by atoms with E-state index in [4.69, 9.17) is 0 Å². The second kappa shape index (κ2) is 11.5. The average Bonchev–Trinajstić information content (AvgIpc) is 1.25. The first-order valence-electron chi connectivity index (χ1n) is 2.41. The van der Waals surface area contributed by atoms with Gasteiger partial charge in [0.05, 0.1) is 0 Å². The molecule has 0 N–H and O–H groups in total. The summed E-state index contributed by atoms with van der Waals surface area (Å²) in [4.78, 5) is 18.9. The van der Waals surface area contributed by atoms with E-state index in [-0.39, 0.29) is 53.3 Å². The summed E-state index contributed by atoms with van der Waals surface area (Å²) in [5.74, 6) is 0.333. The molecule has 0 aliphatic heterocycles. The molecule has 0 heterocycles. The summed E-state index contributed by atoms with van der Waals surface area (Å²) in [6, 6.07) is 0. The summed E-state index contributed by atoms with van der Waals surface area (Å²) in [6.45, 7) is 6.11. The molecule has 0 unspecified atom stereocenters. The zero-order valence-corrected chi connectivity index (χ0v) is 9.46. The van der Waals surface area contributed by atoms with Crippen LogP contribution in [0.25, 0.3) is 0 Å². The minimum atomic E-state index is 0. The Morgan fingerprint density at radius 3 is 0.778 bits per heavy atom. The van der Waals surface area contributed by atoms with Crippen molar-refractivity contribution >= 4 is 11.6 Å². The molecule has 0 amide bonds. The number of hydrogen-bond acceptors (Lipinski definition) is 2. The van der Waals surface area contributed by atoms with Gasteiger partial charge in [0.25, 0.3) is 0 Å². The number of carbonyl (C=O) groups is 2. The number of ketones is 2. The summed E-state index contributed by atoms with van der Waals surface area (Å²) >= 11 is 0. The molecule has 0 aromatic heterocycles. The number of hydrogen-bond donors (Lipinski definition) is 0. The van der Waals surface area contributed by atoms with Crippen LogP contribution in [-0.4, -0.2) is 11.6 Å². The van der Waals surface area contributed by atoms with Gasteiger partial charge in [0.15, 0.2) is 0 Å². The van der Waals surface area contributed by atoms with Crippen molar-refractivity contribution in [1.82, 2.24) is 0 Å². The molecule has 0 spiro atoms. The fraction of sp³-hybridized carbons (Fsp3) is 0.667. The third kappa shape index (κ3) is 766. The summed E-state index contributed by atoms with van der Waals surface area (Å²) < 4.78 is 0. The Labute approximate surface area is 89.8 Å². The quantitative estimate of drug-likeness (QED) is 0.652. The molecule has 0 aromatic carbocycles. The van der Waals surface area contributed by atoms with Gasteiger partial charge in [-0.3, -0.25) is 0 Å². The Bertz CT molecular complexity index is 69.1. The molecule has 0 fully saturated rings. The van der Waals surface area contributed by atoms with Crippen LogP contribution in [0.15, 0.2) is 0 Å². The second-order valence-corrected chi connectivity index (χ2v) is 1.82. The van der Waals surface area contributed by atoms with Crippen molar-refractivity contribution in [2.75, 3.05) is 0 Å². The van der Waals surface area contributed by atoms with E-state index in [1.807, 2.05) is 0 Å². The van der Waals surface area contributed by atoms with Crippen LogP contribution in [0.2, 0.25) is 0 Å². The first-order valence-corrected chi connectivity index (χ1v) is 2.41. The van der Waals surface area contributed by atoms with E-state index in [2.05, 4.69) is 0 Å². The molecule has 2 nitrogen and oxygen atoms in total. The number of rotatable bonds is 0. The van der Waals surface area contributed by atoms with Gasteiger partial charge in [-0.2, -0.15) is 0 Å². The van der Waals surface area contributed by atoms with Crippen LogP contribution in [-0.2, 0) is 9.59 Å². The Kier molecular flexibility index (Phi) is 20.9. The molecule has 0 saturated heterocycles. The summed E-state index contributed by atoms with van der Waals surface area (Å²) in [5, 5.41) is 0. The van der Waals surface area contributed by atoms with Crippen LogP contribution in [0.4, 0.5) is 0 Å². The van der Waals surface area contributed by atoms with Gasteiger partial charge >= 0.3 is 0 Å². The number of carbonyl (C=O) groups excluding carboxylic acids is 2. The predicted molar refractivity (Wildman–Crippen MR) is 32.7 cm³/mol. The van der Waals surface area contributed by atoms with Gasteiger partial charge in [0.2, 0.25) is 0 Å². The maximum Gasteiger partial charge on any atom is 0.126 e. The topological polar surface area (TPSA) is 34.1 Å². The van der Waals surface area contributed by atoms with Gasteiger partial charge in [0.1, 0.15) is 11.6 Å². The van der Waals surface area contributed by atoms with Crippen molar-refractivity contribution in [3.8, 4) is 0 Å². The summed E-state index contributed by atoms with van der Waals surface area (Å²) in [6.07, 6.45) is 0. The van der Waals surface area contributed by atoms with E-state index in [0.717, 1.165) is 0 Å². The van der Waals surface area contributed by atoms with Crippen molar-refractivity contribution < 1.29 is 51.3 Å². The monoisotopic (exact) mass is 256 g/mol. The fourth-order valence-electron chi connectivity index (χ4n) is 0. The molecule has 0 saturated carbocycles. The fourth-order valence-corrected chi connectivity index (χ4v) is 0. The minimum absolute atomic E-state index is 0. The van der Waals surface area contributed by atoms with E-state index in [1.54, 1.807) is 0 Å². The predicted octanol–water partition coefficient (Wildman–Crippen LogP) is 1.19. The normalized spacial score (nSPS) is 5.78. The molecule has 0 aliphatic carbocycles. The van der Waals surface area contributed by atoms with Gasteiger partial charge in [-0.05, 0) is 27.7 Å². The molecule has 0 aromatic rings. The van der Waals surface area contributed by atoms with Crippen LogP contribution < -0.4 is 0 Å². The van der Waals surface area contributed by atoms with Gasteiger partial charge in [-0.15, -0.1) is 0 Å². The minimum Gasteiger partial charge on any atom is -0.300 e. The molecule has 0 radical (unpaired) electrons. The van der Waals surface area contributed by atoms with E-state index >= 15 is 0 Å². The summed E-state index contributed by atoms with van der Waals surface area (Å²) in [5.41, 5.74) is 0. The second-order valence-electron chi connectivity index (χ2n) is 1.82. The SMILES string of the molecule is CC(C)=O.CC(C)=O.[Ce]. The van der Waals surface area contributed by atoms with Crippen molar-refractivity contribution in [3.63, 3.8) is 0 Å². The van der Waals surface area contributed by atoms with Crippen LogP contribution in [0.3, 0.4) is 0 Å². The molecule has 0 aliphatic rings. The molecule has 0 atom stereocenters. The molecular formula is C6H12CeO2. The van der Waals surface area contributed by atoms with Gasteiger partial charge in [-0.25, -0.2) is 0 Å². The van der Waals surface area contributed by atoms with Crippen LogP contribution in [0, 0.1) is 41.7 Å². The van der Waals surface area contributed by atoms with E-state index in [9.17, 15) is 9.59 Å². The first-order chi connectivity index (χ1) is 3.46. The molecule has 52 valence electrons. The van der Waals surface area contributed by atoms with E-state index < -0.39 is 0 Å². The maximum atomic E-state index is 9.44. The van der Waals surface area contributed by atoms with Crippen molar-refractivity contribution in [1.29, 1.82) is 0 Å². The van der Waals surface area contributed by atoms with Crippen LogP contribution >= 0.6 is 0 Å². The van der Waals surface area contributed by atoms with Gasteiger partial charge < -0.3 is 9.59 Å². The van der Waals surface area contributed by atoms with Crippen LogP contribution in [0.1, 0.15) is 27.7 Å². The average molecular weight is 256 g/mol. The van der Waals surface area contributed by atoms with Crippen molar-refractivity contribution in [3.05, 3.63) is 0 Å². The van der Waals surface area contributed by atoms with Crippen molar-refractivity contribution in [2.45, 2.75) is 27.7 Å².